The number of rotatable bonds is 2. The molecule has 3 rings (SSSR count). The molecule has 1 aromatic heterocycles. The molecular formula is C12H13F2N3O. The van der Waals surface area contributed by atoms with Gasteiger partial charge in [-0.05, 0) is 31.5 Å². The summed E-state index contributed by atoms with van der Waals surface area (Å²) in [5.74, 6) is -2.92. The highest BCUT2D eigenvalue weighted by atomic mass is 19.3. The van der Waals surface area contributed by atoms with Gasteiger partial charge in [-0.1, -0.05) is 6.07 Å². The molecule has 1 unspecified atom stereocenters. The number of imidazole rings is 1. The van der Waals surface area contributed by atoms with Gasteiger partial charge in [0.25, 0.3) is 5.92 Å². The van der Waals surface area contributed by atoms with Gasteiger partial charge in [-0.3, -0.25) is 0 Å². The molecule has 1 saturated heterocycles. The van der Waals surface area contributed by atoms with Gasteiger partial charge in [-0.25, -0.2) is 4.79 Å². The van der Waals surface area contributed by atoms with Gasteiger partial charge in [0.15, 0.2) is 0 Å². The molecule has 1 aromatic carbocycles. The maximum atomic E-state index is 14.2. The second kappa shape index (κ2) is 3.91. The molecule has 96 valence electrons. The van der Waals surface area contributed by atoms with Crippen LogP contribution in [0.2, 0.25) is 0 Å². The topological polar surface area (TPSA) is 60.7 Å². The summed E-state index contributed by atoms with van der Waals surface area (Å²) >= 11 is 0. The predicted molar refractivity (Wildman–Crippen MR) is 63.8 cm³/mol. The van der Waals surface area contributed by atoms with Gasteiger partial charge in [0.05, 0.1) is 17.1 Å². The van der Waals surface area contributed by atoms with E-state index in [1.807, 2.05) is 0 Å². The molecule has 3 N–H and O–H groups in total. The van der Waals surface area contributed by atoms with Crippen LogP contribution in [0.1, 0.15) is 18.4 Å². The minimum absolute atomic E-state index is 0.0651. The second-order valence-electron chi connectivity index (χ2n) is 4.61. The Morgan fingerprint density at radius 1 is 1.22 bits per heavy atom. The van der Waals surface area contributed by atoms with Gasteiger partial charge in [0.2, 0.25) is 0 Å². The van der Waals surface area contributed by atoms with E-state index in [0.29, 0.717) is 24.0 Å². The Bertz CT molecular complexity index is 626. The molecule has 1 aliphatic rings. The average Bonchev–Trinajstić information content (AvgIpc) is 2.95. The van der Waals surface area contributed by atoms with Gasteiger partial charge in [0, 0.05) is 5.56 Å². The van der Waals surface area contributed by atoms with E-state index < -0.39 is 12.0 Å². The number of hydrogen-bond donors (Lipinski definition) is 3. The minimum atomic E-state index is -2.92. The highest BCUT2D eigenvalue weighted by Gasteiger charge is 2.42. The number of aromatic amines is 2. The number of halogens is 2. The zero-order chi connectivity index (χ0) is 12.8. The van der Waals surface area contributed by atoms with Crippen LogP contribution >= 0.6 is 0 Å². The van der Waals surface area contributed by atoms with Crippen LogP contribution in [-0.4, -0.2) is 22.6 Å². The van der Waals surface area contributed by atoms with Crippen LogP contribution in [0.4, 0.5) is 8.78 Å². The van der Waals surface area contributed by atoms with E-state index in [1.54, 1.807) is 0 Å². The quantitative estimate of drug-likeness (QED) is 0.763. The predicted octanol–water partition coefficient (Wildman–Crippen LogP) is 1.70. The van der Waals surface area contributed by atoms with Gasteiger partial charge in [0.1, 0.15) is 0 Å². The maximum Gasteiger partial charge on any atom is 0.323 e. The highest BCUT2D eigenvalue weighted by molar-refractivity contribution is 5.75. The van der Waals surface area contributed by atoms with Crippen molar-refractivity contribution in [2.45, 2.75) is 24.8 Å². The monoisotopic (exact) mass is 253 g/mol. The summed E-state index contributed by atoms with van der Waals surface area (Å²) in [6.07, 6.45) is 1.23. The minimum Gasteiger partial charge on any atom is -0.308 e. The summed E-state index contributed by atoms with van der Waals surface area (Å²) in [6, 6.07) is 3.39. The Hall–Kier alpha value is -1.69. The second-order valence-corrected chi connectivity index (χ2v) is 4.61. The van der Waals surface area contributed by atoms with Crippen LogP contribution in [0.5, 0.6) is 0 Å². The molecule has 4 nitrogen and oxygen atoms in total. The lowest BCUT2D eigenvalue weighted by Gasteiger charge is -2.23. The van der Waals surface area contributed by atoms with Crippen LogP contribution in [0.15, 0.2) is 23.0 Å². The van der Waals surface area contributed by atoms with E-state index >= 15 is 0 Å². The molecule has 2 aromatic rings. The van der Waals surface area contributed by atoms with Crippen LogP contribution in [0.3, 0.4) is 0 Å². The first-order valence-electron chi connectivity index (χ1n) is 5.91. The van der Waals surface area contributed by atoms with Crippen molar-refractivity contribution >= 4 is 11.0 Å². The number of benzene rings is 1. The van der Waals surface area contributed by atoms with Gasteiger partial charge in [-0.2, -0.15) is 8.78 Å². The van der Waals surface area contributed by atoms with Crippen molar-refractivity contribution in [3.05, 3.63) is 34.2 Å². The number of hydrogen-bond acceptors (Lipinski definition) is 2. The van der Waals surface area contributed by atoms with Gasteiger partial charge in [-0.15, -0.1) is 0 Å². The van der Waals surface area contributed by atoms with Crippen molar-refractivity contribution in [3.8, 4) is 0 Å². The molecule has 0 spiro atoms. The molecule has 0 bridgehead atoms. The Morgan fingerprint density at radius 2 is 2.00 bits per heavy atom. The summed E-state index contributed by atoms with van der Waals surface area (Å²) in [5.41, 5.74) is 0.503. The summed E-state index contributed by atoms with van der Waals surface area (Å²) < 4.78 is 28.5. The van der Waals surface area contributed by atoms with Crippen molar-refractivity contribution in [1.82, 2.24) is 15.3 Å². The van der Waals surface area contributed by atoms with Crippen molar-refractivity contribution < 1.29 is 8.78 Å². The van der Waals surface area contributed by atoms with Gasteiger partial charge >= 0.3 is 5.69 Å². The van der Waals surface area contributed by atoms with Gasteiger partial charge < -0.3 is 15.3 Å². The zero-order valence-corrected chi connectivity index (χ0v) is 9.59. The van der Waals surface area contributed by atoms with E-state index in [2.05, 4.69) is 15.3 Å². The lowest BCUT2D eigenvalue weighted by atomic mass is 9.99. The summed E-state index contributed by atoms with van der Waals surface area (Å²) in [4.78, 5) is 16.1. The number of nitrogens with one attached hydrogen (secondary N) is 3. The summed E-state index contributed by atoms with van der Waals surface area (Å²) in [6.45, 7) is 0.628. The highest BCUT2D eigenvalue weighted by Crippen LogP contribution is 2.36. The lowest BCUT2D eigenvalue weighted by Crippen LogP contribution is -2.38. The Labute approximate surface area is 101 Å². The molecule has 18 heavy (non-hydrogen) atoms. The lowest BCUT2D eigenvalue weighted by molar-refractivity contribution is -0.0375. The number of H-pyrrole nitrogens is 2. The van der Waals surface area contributed by atoms with Crippen LogP contribution in [0, 0.1) is 0 Å². The normalized spacial score (nSPS) is 20.7. The largest absolute Gasteiger partial charge is 0.323 e. The molecule has 0 aliphatic carbocycles. The number of alkyl halides is 2. The third-order valence-electron chi connectivity index (χ3n) is 3.40. The fourth-order valence-electron chi connectivity index (χ4n) is 2.44. The molecule has 0 amide bonds. The third kappa shape index (κ3) is 1.73. The standard InChI is InChI=1S/C12H13F2N3O/c13-12(14,10-2-1-5-15-10)7-3-4-8-9(6-7)17-11(18)16-8/h3-4,6,10,15H,1-2,5H2,(H2,16,17,18). The molecule has 0 saturated carbocycles. The van der Waals surface area contributed by atoms with E-state index in [0.717, 1.165) is 6.42 Å². The number of aromatic nitrogens is 2. The maximum absolute atomic E-state index is 14.2. The van der Waals surface area contributed by atoms with Crippen molar-refractivity contribution in [1.29, 1.82) is 0 Å². The van der Waals surface area contributed by atoms with Crippen molar-refractivity contribution in [2.24, 2.45) is 0 Å². The van der Waals surface area contributed by atoms with Crippen molar-refractivity contribution in [2.75, 3.05) is 6.54 Å². The van der Waals surface area contributed by atoms with E-state index in [1.165, 1.54) is 18.2 Å². The molecule has 0 radical (unpaired) electrons. The van der Waals surface area contributed by atoms with E-state index in [-0.39, 0.29) is 11.3 Å². The third-order valence-corrected chi connectivity index (χ3v) is 3.40. The fraction of sp³-hybridized carbons (Fsp3) is 0.417. The first-order valence-corrected chi connectivity index (χ1v) is 5.91. The molecule has 1 atom stereocenters. The summed E-state index contributed by atoms with van der Waals surface area (Å²) in [7, 11) is 0. The van der Waals surface area contributed by atoms with E-state index in [9.17, 15) is 13.6 Å². The molecule has 6 heteroatoms. The molecule has 2 heterocycles. The van der Waals surface area contributed by atoms with Crippen LogP contribution in [0.25, 0.3) is 11.0 Å². The van der Waals surface area contributed by atoms with Crippen molar-refractivity contribution in [3.63, 3.8) is 0 Å². The Kier molecular flexibility index (Phi) is 2.48. The van der Waals surface area contributed by atoms with Crippen LogP contribution < -0.4 is 11.0 Å². The van der Waals surface area contributed by atoms with Crippen LogP contribution in [-0.2, 0) is 5.92 Å². The zero-order valence-electron chi connectivity index (χ0n) is 9.59. The number of fused-ring (bicyclic) bond motifs is 1. The molecular weight excluding hydrogens is 240 g/mol. The fourth-order valence-corrected chi connectivity index (χ4v) is 2.44. The Morgan fingerprint density at radius 3 is 2.72 bits per heavy atom. The first kappa shape index (κ1) is 11.4. The average molecular weight is 253 g/mol. The smallest absolute Gasteiger partial charge is 0.308 e. The van der Waals surface area contributed by atoms with E-state index in [4.69, 9.17) is 0 Å². The summed E-state index contributed by atoms with van der Waals surface area (Å²) in [5, 5.41) is 2.82. The SMILES string of the molecule is O=c1[nH]c2ccc(C(F)(F)C3CCCN3)cc2[nH]1. The molecule has 1 aliphatic heterocycles. The Balaban J connectivity index is 2.04. The molecule has 1 fully saturated rings. The first-order chi connectivity index (χ1) is 8.57.